The third-order valence-electron chi connectivity index (χ3n) is 1.84. The quantitative estimate of drug-likeness (QED) is 0.703. The number of benzene rings is 1. The van der Waals surface area contributed by atoms with Crippen molar-refractivity contribution in [2.24, 2.45) is 5.73 Å². The van der Waals surface area contributed by atoms with Gasteiger partial charge in [0.1, 0.15) is 17.8 Å². The van der Waals surface area contributed by atoms with E-state index >= 15 is 0 Å². The van der Waals surface area contributed by atoms with Gasteiger partial charge in [0.2, 0.25) is 0 Å². The van der Waals surface area contributed by atoms with Crippen molar-refractivity contribution in [3.63, 3.8) is 0 Å². The standard InChI is InChI=1S/C11H8ClN5O/c12-7-1-3-8(4-2-7)16-11(18)17-10(6-14)9(15)5-13/h1-4H,15H2,(H2,16,17,18). The molecule has 0 unspecified atom stereocenters. The van der Waals surface area contributed by atoms with Gasteiger partial charge in [0.25, 0.3) is 0 Å². The largest absolute Gasteiger partial charge is 0.388 e. The summed E-state index contributed by atoms with van der Waals surface area (Å²) in [7, 11) is 0. The average Bonchev–Trinajstić information content (AvgIpc) is 2.37. The topological polar surface area (TPSA) is 115 Å². The third-order valence-corrected chi connectivity index (χ3v) is 2.09. The first kappa shape index (κ1) is 13.4. The number of anilines is 1. The molecule has 0 atom stereocenters. The number of halogens is 1. The first-order valence-corrected chi connectivity index (χ1v) is 5.08. The average molecular weight is 262 g/mol. The molecule has 4 N–H and O–H groups in total. The fourth-order valence-electron chi connectivity index (χ4n) is 1.02. The summed E-state index contributed by atoms with van der Waals surface area (Å²) in [6, 6.07) is 8.89. The van der Waals surface area contributed by atoms with Crippen molar-refractivity contribution in [3.8, 4) is 12.1 Å². The van der Waals surface area contributed by atoms with E-state index in [2.05, 4.69) is 10.6 Å². The molecule has 0 radical (unpaired) electrons. The summed E-state index contributed by atoms with van der Waals surface area (Å²) in [5.41, 5.74) is 5.06. The Hall–Kier alpha value is -2.70. The molecule has 2 amide bonds. The summed E-state index contributed by atoms with van der Waals surface area (Å²) >= 11 is 5.68. The second-order valence-corrected chi connectivity index (χ2v) is 3.53. The monoisotopic (exact) mass is 261 g/mol. The van der Waals surface area contributed by atoms with Gasteiger partial charge in [0, 0.05) is 10.7 Å². The molecule has 0 aliphatic carbocycles. The smallest absolute Gasteiger partial charge is 0.324 e. The molecule has 1 aromatic carbocycles. The Bertz CT molecular complexity index is 565. The van der Waals surface area contributed by atoms with E-state index in [1.54, 1.807) is 36.4 Å². The molecule has 0 bridgehead atoms. The van der Waals surface area contributed by atoms with Crippen LogP contribution in [-0.2, 0) is 0 Å². The number of nitrogens with zero attached hydrogens (tertiary/aromatic N) is 2. The van der Waals surface area contributed by atoms with Crippen LogP contribution >= 0.6 is 11.6 Å². The summed E-state index contributed by atoms with van der Waals surface area (Å²) < 4.78 is 0. The Morgan fingerprint density at radius 1 is 1.22 bits per heavy atom. The molecule has 0 aromatic heterocycles. The number of nitriles is 2. The van der Waals surface area contributed by atoms with Crippen LogP contribution in [-0.4, -0.2) is 6.03 Å². The maximum Gasteiger partial charge on any atom is 0.324 e. The summed E-state index contributed by atoms with van der Waals surface area (Å²) in [5, 5.41) is 22.3. The number of allylic oxidation sites excluding steroid dienone is 2. The highest BCUT2D eigenvalue weighted by Crippen LogP contribution is 2.13. The van der Waals surface area contributed by atoms with Crippen molar-refractivity contribution >= 4 is 23.3 Å². The SMILES string of the molecule is N#CC(N)=C(C#N)NC(=O)Nc1ccc(Cl)cc1. The van der Waals surface area contributed by atoms with Gasteiger partial charge in [-0.25, -0.2) is 4.79 Å². The molecule has 1 aromatic rings. The lowest BCUT2D eigenvalue weighted by Gasteiger charge is -2.06. The highest BCUT2D eigenvalue weighted by atomic mass is 35.5. The molecule has 0 aliphatic heterocycles. The highest BCUT2D eigenvalue weighted by molar-refractivity contribution is 6.30. The number of nitrogens with two attached hydrogens (primary N) is 1. The van der Waals surface area contributed by atoms with E-state index < -0.39 is 6.03 Å². The van der Waals surface area contributed by atoms with Crippen molar-refractivity contribution in [2.45, 2.75) is 0 Å². The molecular weight excluding hydrogens is 254 g/mol. The van der Waals surface area contributed by atoms with E-state index in [-0.39, 0.29) is 11.4 Å². The van der Waals surface area contributed by atoms with Gasteiger partial charge in [0.05, 0.1) is 0 Å². The minimum absolute atomic E-state index is 0.302. The zero-order chi connectivity index (χ0) is 13.5. The zero-order valence-corrected chi connectivity index (χ0v) is 9.82. The minimum Gasteiger partial charge on any atom is -0.388 e. The van der Waals surface area contributed by atoms with Gasteiger partial charge in [-0.3, -0.25) is 5.32 Å². The number of hydrogen-bond acceptors (Lipinski definition) is 4. The zero-order valence-electron chi connectivity index (χ0n) is 9.07. The van der Waals surface area contributed by atoms with E-state index in [1.807, 2.05) is 0 Å². The van der Waals surface area contributed by atoms with Crippen LogP contribution < -0.4 is 16.4 Å². The van der Waals surface area contributed by atoms with Crippen LogP contribution in [0.5, 0.6) is 0 Å². The maximum absolute atomic E-state index is 11.5. The lowest BCUT2D eigenvalue weighted by Crippen LogP contribution is -2.29. The first-order chi connectivity index (χ1) is 8.56. The van der Waals surface area contributed by atoms with Crippen molar-refractivity contribution in [1.29, 1.82) is 10.5 Å². The summed E-state index contributed by atoms with van der Waals surface area (Å²) in [6.07, 6.45) is 0. The predicted molar refractivity (Wildman–Crippen MR) is 66.0 cm³/mol. The summed E-state index contributed by atoms with van der Waals surface area (Å²) in [5.74, 6) is 0. The number of urea groups is 1. The molecule has 0 saturated carbocycles. The number of nitrogens with one attached hydrogen (secondary N) is 2. The second-order valence-electron chi connectivity index (χ2n) is 3.10. The lowest BCUT2D eigenvalue weighted by molar-refractivity contribution is 0.254. The molecule has 0 fully saturated rings. The van der Waals surface area contributed by atoms with E-state index in [4.69, 9.17) is 27.9 Å². The molecule has 90 valence electrons. The van der Waals surface area contributed by atoms with Gasteiger partial charge in [0.15, 0.2) is 5.70 Å². The van der Waals surface area contributed by atoms with Crippen molar-refractivity contribution in [3.05, 3.63) is 40.7 Å². The van der Waals surface area contributed by atoms with Gasteiger partial charge in [-0.05, 0) is 24.3 Å². The number of rotatable bonds is 2. The molecule has 0 spiro atoms. The fourth-order valence-corrected chi connectivity index (χ4v) is 1.15. The highest BCUT2D eigenvalue weighted by Gasteiger charge is 2.07. The Morgan fingerprint density at radius 3 is 2.33 bits per heavy atom. The van der Waals surface area contributed by atoms with Gasteiger partial charge in [-0.2, -0.15) is 10.5 Å². The fraction of sp³-hybridized carbons (Fsp3) is 0. The van der Waals surface area contributed by atoms with Crippen LogP contribution in [0, 0.1) is 22.7 Å². The summed E-state index contributed by atoms with van der Waals surface area (Å²) in [4.78, 5) is 11.5. The molecular formula is C11H8ClN5O. The van der Waals surface area contributed by atoms with Gasteiger partial charge in [-0.15, -0.1) is 0 Å². The molecule has 0 saturated heterocycles. The number of hydrogen-bond donors (Lipinski definition) is 3. The van der Waals surface area contributed by atoms with Crippen molar-refractivity contribution in [1.82, 2.24) is 5.32 Å². The van der Waals surface area contributed by atoms with Crippen molar-refractivity contribution in [2.75, 3.05) is 5.32 Å². The van der Waals surface area contributed by atoms with Crippen LogP contribution in [0.1, 0.15) is 0 Å². The van der Waals surface area contributed by atoms with Crippen LogP contribution in [0.2, 0.25) is 5.02 Å². The predicted octanol–water partition coefficient (Wildman–Crippen LogP) is 1.68. The van der Waals surface area contributed by atoms with Crippen molar-refractivity contribution < 1.29 is 4.79 Å². The first-order valence-electron chi connectivity index (χ1n) is 4.70. The molecule has 0 aliphatic rings. The molecule has 6 nitrogen and oxygen atoms in total. The van der Waals surface area contributed by atoms with Gasteiger partial charge in [-0.1, -0.05) is 11.6 Å². The van der Waals surface area contributed by atoms with Crippen LogP contribution in [0.4, 0.5) is 10.5 Å². The summed E-state index contributed by atoms with van der Waals surface area (Å²) in [6.45, 7) is 0. The number of amides is 2. The Kier molecular flexibility index (Phi) is 4.56. The van der Waals surface area contributed by atoms with Crippen LogP contribution in [0.3, 0.4) is 0 Å². The van der Waals surface area contributed by atoms with E-state index in [0.717, 1.165) is 0 Å². The Balaban J connectivity index is 2.71. The van der Waals surface area contributed by atoms with E-state index in [0.29, 0.717) is 10.7 Å². The molecule has 18 heavy (non-hydrogen) atoms. The second kappa shape index (κ2) is 6.14. The van der Waals surface area contributed by atoms with E-state index in [1.165, 1.54) is 0 Å². The van der Waals surface area contributed by atoms with Gasteiger partial charge < -0.3 is 11.1 Å². The molecule has 1 rings (SSSR count). The minimum atomic E-state index is -0.674. The normalized spacial score (nSPS) is 10.6. The Morgan fingerprint density at radius 2 is 1.83 bits per heavy atom. The maximum atomic E-state index is 11.5. The lowest BCUT2D eigenvalue weighted by atomic mass is 10.3. The number of carbonyl (C=O) groups excluding carboxylic acids is 1. The molecule has 0 heterocycles. The third kappa shape index (κ3) is 3.71. The molecule has 7 heteroatoms. The Labute approximate surface area is 108 Å². The number of carbonyl (C=O) groups is 1. The van der Waals surface area contributed by atoms with Gasteiger partial charge >= 0.3 is 6.03 Å². The van der Waals surface area contributed by atoms with E-state index in [9.17, 15) is 4.79 Å². The van der Waals surface area contributed by atoms with Crippen LogP contribution in [0.15, 0.2) is 35.7 Å². The van der Waals surface area contributed by atoms with Crippen LogP contribution in [0.25, 0.3) is 0 Å².